The van der Waals surface area contributed by atoms with Crippen molar-refractivity contribution in [2.75, 3.05) is 6.61 Å². The Morgan fingerprint density at radius 2 is 1.72 bits per heavy atom. The second-order valence-corrected chi connectivity index (χ2v) is 8.96. The number of aliphatic hydroxyl groups excluding tert-OH is 1. The van der Waals surface area contributed by atoms with E-state index in [0.29, 0.717) is 18.3 Å². The Hall–Kier alpha value is -1.14. The first-order valence-electron chi connectivity index (χ1n) is 9.38. The van der Waals surface area contributed by atoms with E-state index in [1.807, 2.05) is 0 Å². The van der Waals surface area contributed by atoms with Gasteiger partial charge in [0.1, 0.15) is 0 Å². The molecule has 0 bridgehead atoms. The van der Waals surface area contributed by atoms with Crippen LogP contribution in [0.2, 0.25) is 0 Å². The van der Waals surface area contributed by atoms with Crippen molar-refractivity contribution >= 4 is 12.4 Å². The predicted octanol–water partition coefficient (Wildman–Crippen LogP) is 2.30. The third-order valence-electron chi connectivity index (χ3n) is 5.15. The molecule has 1 amide bonds. The molecule has 0 radical (unpaired) electrons. The molecule has 6 heteroatoms. The van der Waals surface area contributed by atoms with Crippen molar-refractivity contribution in [3.8, 4) is 0 Å². The molecule has 2 aliphatic rings. The molecule has 1 aliphatic carbocycles. The van der Waals surface area contributed by atoms with Gasteiger partial charge < -0.3 is 20.8 Å². The van der Waals surface area contributed by atoms with Crippen molar-refractivity contribution in [3.05, 3.63) is 0 Å². The molecule has 6 nitrogen and oxygen atoms in total. The molecule has 0 aromatic carbocycles. The van der Waals surface area contributed by atoms with Gasteiger partial charge >= 0.3 is 0 Å². The van der Waals surface area contributed by atoms with Gasteiger partial charge in [-0.05, 0) is 71.6 Å². The summed E-state index contributed by atoms with van der Waals surface area (Å²) >= 11 is 0. The van der Waals surface area contributed by atoms with Gasteiger partial charge in [0.15, 0.2) is 0 Å². The molecule has 1 heterocycles. The van der Waals surface area contributed by atoms with Crippen LogP contribution in [0.3, 0.4) is 0 Å². The van der Waals surface area contributed by atoms with Crippen LogP contribution >= 0.6 is 0 Å². The standard InChI is InChI=1S/C18H34N2O2.CH2O2/c1-17(2)10-14(11-18(3,4)20-17)9-16(22)19-15-7-5-6-13(8-15)12-21;2-1-3/h13-15,20-21H,5-12H2,1-4H3,(H,19,22);1H,(H,2,3)/t13-,15+;/m1./s1. The first-order valence-corrected chi connectivity index (χ1v) is 9.38. The molecular formula is C19H36N2O4. The fraction of sp³-hybridized carbons (Fsp3) is 0.895. The normalized spacial score (nSPS) is 28.4. The summed E-state index contributed by atoms with van der Waals surface area (Å²) in [6.45, 7) is 8.91. The van der Waals surface area contributed by atoms with Gasteiger partial charge in [-0.3, -0.25) is 9.59 Å². The molecule has 1 saturated carbocycles. The smallest absolute Gasteiger partial charge is 0.290 e. The summed E-state index contributed by atoms with van der Waals surface area (Å²) in [5.74, 6) is 1.02. The molecule has 0 aromatic rings. The highest BCUT2D eigenvalue weighted by molar-refractivity contribution is 5.76. The van der Waals surface area contributed by atoms with Crippen LogP contribution in [0.4, 0.5) is 0 Å². The minimum atomic E-state index is -0.250. The summed E-state index contributed by atoms with van der Waals surface area (Å²) in [6, 6.07) is 0.265. The van der Waals surface area contributed by atoms with Crippen molar-refractivity contribution < 1.29 is 19.8 Å². The van der Waals surface area contributed by atoms with Crippen molar-refractivity contribution in [1.29, 1.82) is 0 Å². The molecule has 1 saturated heterocycles. The summed E-state index contributed by atoms with van der Waals surface area (Å²) < 4.78 is 0. The number of piperidine rings is 1. The van der Waals surface area contributed by atoms with E-state index >= 15 is 0 Å². The summed E-state index contributed by atoms with van der Waals surface area (Å²) in [4.78, 5) is 20.8. The van der Waals surface area contributed by atoms with Gasteiger partial charge in [-0.15, -0.1) is 0 Å². The topological polar surface area (TPSA) is 98.7 Å². The number of amides is 1. The van der Waals surface area contributed by atoms with E-state index in [4.69, 9.17) is 9.90 Å². The van der Waals surface area contributed by atoms with E-state index in [0.717, 1.165) is 38.5 Å². The fourth-order valence-corrected chi connectivity index (χ4v) is 4.81. The molecule has 2 fully saturated rings. The zero-order chi connectivity index (χ0) is 19.1. The number of carbonyl (C=O) groups excluding carboxylic acids is 1. The van der Waals surface area contributed by atoms with Gasteiger partial charge in [0, 0.05) is 30.1 Å². The Labute approximate surface area is 151 Å². The lowest BCUT2D eigenvalue weighted by molar-refractivity contribution is -0.124. The van der Waals surface area contributed by atoms with E-state index in [-0.39, 0.29) is 36.1 Å². The maximum Gasteiger partial charge on any atom is 0.290 e. The molecular weight excluding hydrogens is 320 g/mol. The summed E-state index contributed by atoms with van der Waals surface area (Å²) in [5, 5.41) is 23.1. The summed E-state index contributed by atoms with van der Waals surface area (Å²) in [7, 11) is 0. The zero-order valence-corrected chi connectivity index (χ0v) is 16.2. The molecule has 2 atom stereocenters. The SMILES string of the molecule is CC1(C)CC(CC(=O)N[C@H]2CCC[C@@H](CO)C2)CC(C)(C)N1.O=CO. The van der Waals surface area contributed by atoms with E-state index in [1.54, 1.807) is 0 Å². The van der Waals surface area contributed by atoms with E-state index in [1.165, 1.54) is 0 Å². The Kier molecular flexibility index (Phi) is 8.35. The van der Waals surface area contributed by atoms with Crippen LogP contribution in [-0.2, 0) is 9.59 Å². The minimum Gasteiger partial charge on any atom is -0.483 e. The van der Waals surface area contributed by atoms with Crippen LogP contribution in [-0.4, -0.2) is 46.3 Å². The predicted molar refractivity (Wildman–Crippen MR) is 98.3 cm³/mol. The Morgan fingerprint density at radius 3 is 2.24 bits per heavy atom. The number of hydrogen-bond acceptors (Lipinski definition) is 4. The van der Waals surface area contributed by atoms with Crippen LogP contribution in [0, 0.1) is 11.8 Å². The number of nitrogens with one attached hydrogen (secondary N) is 2. The van der Waals surface area contributed by atoms with Crippen molar-refractivity contribution in [1.82, 2.24) is 10.6 Å². The van der Waals surface area contributed by atoms with Crippen molar-refractivity contribution in [3.63, 3.8) is 0 Å². The van der Waals surface area contributed by atoms with Crippen molar-refractivity contribution in [2.45, 2.75) is 89.8 Å². The van der Waals surface area contributed by atoms with Gasteiger partial charge in [0.05, 0.1) is 0 Å². The van der Waals surface area contributed by atoms with Gasteiger partial charge in [-0.2, -0.15) is 0 Å². The number of hydrogen-bond donors (Lipinski definition) is 4. The first kappa shape index (κ1) is 21.9. The molecule has 0 spiro atoms. The second kappa shape index (κ2) is 9.53. The van der Waals surface area contributed by atoms with Crippen LogP contribution in [0.15, 0.2) is 0 Å². The van der Waals surface area contributed by atoms with Gasteiger partial charge in [0.2, 0.25) is 5.91 Å². The largest absolute Gasteiger partial charge is 0.483 e. The van der Waals surface area contributed by atoms with Gasteiger partial charge in [-0.25, -0.2) is 0 Å². The summed E-state index contributed by atoms with van der Waals surface area (Å²) in [5.41, 5.74) is 0.193. The lowest BCUT2D eigenvalue weighted by Gasteiger charge is -2.46. The maximum atomic E-state index is 12.4. The van der Waals surface area contributed by atoms with E-state index < -0.39 is 0 Å². The Morgan fingerprint density at radius 1 is 1.16 bits per heavy atom. The molecule has 2 rings (SSSR count). The van der Waals surface area contributed by atoms with Gasteiger partial charge in [-0.1, -0.05) is 6.42 Å². The fourth-order valence-electron chi connectivity index (χ4n) is 4.81. The first-order chi connectivity index (χ1) is 11.6. The highest BCUT2D eigenvalue weighted by atomic mass is 16.3. The number of carbonyl (C=O) groups is 2. The Balaban J connectivity index is 0.000000970. The average Bonchev–Trinajstić information content (AvgIpc) is 2.44. The third kappa shape index (κ3) is 8.19. The van der Waals surface area contributed by atoms with Gasteiger partial charge in [0.25, 0.3) is 6.47 Å². The molecule has 0 unspecified atom stereocenters. The van der Waals surface area contributed by atoms with E-state index in [2.05, 4.69) is 38.3 Å². The molecule has 0 aromatic heterocycles. The molecule has 146 valence electrons. The highest BCUT2D eigenvalue weighted by Gasteiger charge is 2.38. The quantitative estimate of drug-likeness (QED) is 0.579. The van der Waals surface area contributed by atoms with Crippen LogP contribution in [0.25, 0.3) is 0 Å². The number of aliphatic hydroxyl groups is 1. The summed E-state index contributed by atoms with van der Waals surface area (Å²) in [6.07, 6.45) is 6.94. The number of carboxylic acid groups (broad SMARTS) is 1. The van der Waals surface area contributed by atoms with E-state index in [9.17, 15) is 9.90 Å². The van der Waals surface area contributed by atoms with Crippen LogP contribution in [0.1, 0.15) is 72.6 Å². The zero-order valence-electron chi connectivity index (χ0n) is 16.2. The molecule has 25 heavy (non-hydrogen) atoms. The van der Waals surface area contributed by atoms with Crippen LogP contribution < -0.4 is 10.6 Å². The lowest BCUT2D eigenvalue weighted by Crippen LogP contribution is -2.58. The molecule has 4 N–H and O–H groups in total. The lowest BCUT2D eigenvalue weighted by atomic mass is 9.74. The molecule has 1 aliphatic heterocycles. The third-order valence-corrected chi connectivity index (χ3v) is 5.15. The second-order valence-electron chi connectivity index (χ2n) is 8.96. The minimum absolute atomic E-state index is 0.0967. The maximum absolute atomic E-state index is 12.4. The highest BCUT2D eigenvalue weighted by Crippen LogP contribution is 2.34. The van der Waals surface area contributed by atoms with Crippen LogP contribution in [0.5, 0.6) is 0 Å². The number of rotatable bonds is 4. The van der Waals surface area contributed by atoms with Crippen molar-refractivity contribution in [2.24, 2.45) is 11.8 Å². The monoisotopic (exact) mass is 356 g/mol. The average molecular weight is 357 g/mol. The Bertz CT molecular complexity index is 421.